The fourth-order valence-electron chi connectivity index (χ4n) is 1.94. The summed E-state index contributed by atoms with van der Waals surface area (Å²) in [4.78, 5) is 4.51. The molecule has 2 rings (SSSR count). The highest BCUT2D eigenvalue weighted by atomic mass is 35.5. The summed E-state index contributed by atoms with van der Waals surface area (Å²) in [5, 5.41) is 1.46. The van der Waals surface area contributed by atoms with Crippen molar-refractivity contribution in [3.05, 3.63) is 40.3 Å². The molecule has 0 aliphatic heterocycles. The molecule has 2 aromatic rings. The molecule has 0 bridgehead atoms. The summed E-state index contributed by atoms with van der Waals surface area (Å²) >= 11 is 6.21. The summed E-state index contributed by atoms with van der Waals surface area (Å²) in [6.07, 6.45) is 0.853. The molecule has 0 unspecified atom stereocenters. The molecule has 0 aliphatic rings. The van der Waals surface area contributed by atoms with E-state index in [0.717, 1.165) is 17.5 Å². The van der Waals surface area contributed by atoms with Crippen LogP contribution in [0.5, 0.6) is 0 Å². The Hall–Kier alpha value is -1.15. The van der Waals surface area contributed by atoms with Crippen LogP contribution in [0.3, 0.4) is 0 Å². The van der Waals surface area contributed by atoms with Crippen molar-refractivity contribution in [2.45, 2.75) is 27.2 Å². The summed E-state index contributed by atoms with van der Waals surface area (Å²) in [5.41, 5.74) is 2.16. The smallest absolute Gasteiger partial charge is 0.128 e. The maximum absolute atomic E-state index is 13.5. The van der Waals surface area contributed by atoms with Crippen molar-refractivity contribution in [2.75, 3.05) is 0 Å². The standard InChI is InChI=1S/C14H15ClFN/c1-8(2)6-10-7-12(15)11-4-5-13(16)9(3)14(11)17-10/h4-5,7-8H,6H2,1-3H3. The van der Waals surface area contributed by atoms with Gasteiger partial charge in [-0.05, 0) is 37.5 Å². The van der Waals surface area contributed by atoms with Gasteiger partial charge in [0.15, 0.2) is 0 Å². The zero-order chi connectivity index (χ0) is 12.6. The van der Waals surface area contributed by atoms with Crippen LogP contribution < -0.4 is 0 Å². The van der Waals surface area contributed by atoms with Crippen molar-refractivity contribution in [3.8, 4) is 0 Å². The number of rotatable bonds is 2. The van der Waals surface area contributed by atoms with Gasteiger partial charge in [0.1, 0.15) is 5.82 Å². The Morgan fingerprint density at radius 2 is 2.06 bits per heavy atom. The maximum atomic E-state index is 13.5. The number of pyridine rings is 1. The SMILES string of the molecule is Cc1c(F)ccc2c(Cl)cc(CC(C)C)nc12. The van der Waals surface area contributed by atoms with Crippen LogP contribution in [0.2, 0.25) is 5.02 Å². The molecule has 0 saturated carbocycles. The molecule has 17 heavy (non-hydrogen) atoms. The third-order valence-corrected chi connectivity index (χ3v) is 3.10. The van der Waals surface area contributed by atoms with Crippen molar-refractivity contribution < 1.29 is 4.39 Å². The zero-order valence-corrected chi connectivity index (χ0v) is 11.0. The topological polar surface area (TPSA) is 12.9 Å². The number of aryl methyl sites for hydroxylation is 1. The highest BCUT2D eigenvalue weighted by Gasteiger charge is 2.10. The van der Waals surface area contributed by atoms with Crippen LogP contribution in [0.25, 0.3) is 10.9 Å². The zero-order valence-electron chi connectivity index (χ0n) is 10.2. The Labute approximate surface area is 106 Å². The van der Waals surface area contributed by atoms with Gasteiger partial charge in [-0.3, -0.25) is 4.98 Å². The summed E-state index contributed by atoms with van der Waals surface area (Å²) in [5.74, 6) is 0.271. The largest absolute Gasteiger partial charge is 0.252 e. The average Bonchev–Trinajstić information content (AvgIpc) is 2.23. The second-order valence-corrected chi connectivity index (χ2v) is 5.17. The molecule has 0 fully saturated rings. The lowest BCUT2D eigenvalue weighted by Crippen LogP contribution is -1.99. The van der Waals surface area contributed by atoms with Gasteiger partial charge in [-0.25, -0.2) is 4.39 Å². The Bertz CT molecular complexity index is 564. The summed E-state index contributed by atoms with van der Waals surface area (Å²) in [7, 11) is 0. The van der Waals surface area contributed by atoms with Crippen molar-refractivity contribution in [1.82, 2.24) is 4.98 Å². The summed E-state index contributed by atoms with van der Waals surface area (Å²) in [6.45, 7) is 5.98. The molecular weight excluding hydrogens is 237 g/mol. The van der Waals surface area contributed by atoms with E-state index in [1.807, 2.05) is 6.07 Å². The van der Waals surface area contributed by atoms with Gasteiger partial charge >= 0.3 is 0 Å². The van der Waals surface area contributed by atoms with E-state index in [1.54, 1.807) is 13.0 Å². The van der Waals surface area contributed by atoms with Crippen LogP contribution in [-0.4, -0.2) is 4.98 Å². The van der Waals surface area contributed by atoms with Crippen molar-refractivity contribution in [1.29, 1.82) is 0 Å². The summed E-state index contributed by atoms with van der Waals surface area (Å²) < 4.78 is 13.5. The quantitative estimate of drug-likeness (QED) is 0.764. The number of benzene rings is 1. The van der Waals surface area contributed by atoms with Crippen LogP contribution in [0.15, 0.2) is 18.2 Å². The van der Waals surface area contributed by atoms with Gasteiger partial charge in [0.05, 0.1) is 10.5 Å². The molecule has 0 N–H and O–H groups in total. The van der Waals surface area contributed by atoms with E-state index in [4.69, 9.17) is 11.6 Å². The number of fused-ring (bicyclic) bond motifs is 1. The molecule has 0 saturated heterocycles. The van der Waals surface area contributed by atoms with Gasteiger partial charge in [-0.2, -0.15) is 0 Å². The third-order valence-electron chi connectivity index (χ3n) is 2.79. The Kier molecular flexibility index (Phi) is 3.34. The second-order valence-electron chi connectivity index (χ2n) is 4.76. The van der Waals surface area contributed by atoms with Crippen molar-refractivity contribution >= 4 is 22.5 Å². The minimum Gasteiger partial charge on any atom is -0.252 e. The third kappa shape index (κ3) is 2.42. The number of aromatic nitrogens is 1. The first-order chi connectivity index (χ1) is 7.99. The van der Waals surface area contributed by atoms with E-state index in [9.17, 15) is 4.39 Å². The first-order valence-electron chi connectivity index (χ1n) is 5.73. The molecule has 0 amide bonds. The van der Waals surface area contributed by atoms with E-state index in [0.29, 0.717) is 22.0 Å². The lowest BCUT2D eigenvalue weighted by atomic mass is 10.0. The van der Waals surface area contributed by atoms with E-state index >= 15 is 0 Å². The normalized spacial score (nSPS) is 11.4. The van der Waals surface area contributed by atoms with Gasteiger partial charge in [0, 0.05) is 16.6 Å². The van der Waals surface area contributed by atoms with Crippen molar-refractivity contribution in [3.63, 3.8) is 0 Å². The van der Waals surface area contributed by atoms with Gasteiger partial charge < -0.3 is 0 Å². The van der Waals surface area contributed by atoms with Crippen LogP contribution in [-0.2, 0) is 6.42 Å². The fraction of sp³-hybridized carbons (Fsp3) is 0.357. The molecule has 1 aromatic heterocycles. The van der Waals surface area contributed by atoms with E-state index in [-0.39, 0.29) is 5.82 Å². The van der Waals surface area contributed by atoms with E-state index in [2.05, 4.69) is 18.8 Å². The Balaban J connectivity index is 2.66. The number of hydrogen-bond donors (Lipinski definition) is 0. The Morgan fingerprint density at radius 3 is 2.71 bits per heavy atom. The highest BCUT2D eigenvalue weighted by molar-refractivity contribution is 6.35. The molecular formula is C14H15ClFN. The lowest BCUT2D eigenvalue weighted by molar-refractivity contribution is 0.619. The van der Waals surface area contributed by atoms with Gasteiger partial charge in [0.2, 0.25) is 0 Å². The first kappa shape index (κ1) is 12.3. The highest BCUT2D eigenvalue weighted by Crippen LogP contribution is 2.27. The number of hydrogen-bond acceptors (Lipinski definition) is 1. The number of halogens is 2. The second kappa shape index (κ2) is 4.61. The molecule has 1 aromatic carbocycles. The molecule has 0 radical (unpaired) electrons. The molecule has 0 atom stereocenters. The van der Waals surface area contributed by atoms with Crippen LogP contribution in [0, 0.1) is 18.7 Å². The van der Waals surface area contributed by atoms with Gasteiger partial charge in [0.25, 0.3) is 0 Å². The first-order valence-corrected chi connectivity index (χ1v) is 6.11. The van der Waals surface area contributed by atoms with Crippen LogP contribution >= 0.6 is 11.6 Å². The minimum atomic E-state index is -0.234. The average molecular weight is 252 g/mol. The maximum Gasteiger partial charge on any atom is 0.128 e. The van der Waals surface area contributed by atoms with Gasteiger partial charge in [-0.15, -0.1) is 0 Å². The van der Waals surface area contributed by atoms with Gasteiger partial charge in [-0.1, -0.05) is 25.4 Å². The van der Waals surface area contributed by atoms with E-state index < -0.39 is 0 Å². The number of nitrogens with zero attached hydrogens (tertiary/aromatic N) is 1. The fourth-order valence-corrected chi connectivity index (χ4v) is 2.21. The predicted molar refractivity (Wildman–Crippen MR) is 70.0 cm³/mol. The predicted octanol–water partition coefficient (Wildman–Crippen LogP) is 4.53. The van der Waals surface area contributed by atoms with E-state index in [1.165, 1.54) is 6.07 Å². The Morgan fingerprint density at radius 1 is 1.35 bits per heavy atom. The molecule has 3 heteroatoms. The molecule has 0 spiro atoms. The molecule has 90 valence electrons. The van der Waals surface area contributed by atoms with Crippen LogP contribution in [0.1, 0.15) is 25.1 Å². The minimum absolute atomic E-state index is 0.234. The molecule has 0 aliphatic carbocycles. The molecule has 1 heterocycles. The monoisotopic (exact) mass is 251 g/mol. The summed E-state index contributed by atoms with van der Waals surface area (Å²) in [6, 6.07) is 5.00. The van der Waals surface area contributed by atoms with Crippen LogP contribution in [0.4, 0.5) is 4.39 Å². The lowest BCUT2D eigenvalue weighted by Gasteiger charge is -2.09. The molecule has 1 nitrogen and oxygen atoms in total. The van der Waals surface area contributed by atoms with Crippen molar-refractivity contribution in [2.24, 2.45) is 5.92 Å².